The summed E-state index contributed by atoms with van der Waals surface area (Å²) in [5.74, 6) is -0.833. The molecule has 6 nitrogen and oxygen atoms in total. The maximum absolute atomic E-state index is 16.8. The number of hydrogen-bond donors (Lipinski definition) is 1. The number of ether oxygens (including phenoxy) is 1. The summed E-state index contributed by atoms with van der Waals surface area (Å²) in [4.78, 5) is 13.8. The molecule has 5 heterocycles. The van der Waals surface area contributed by atoms with Crippen molar-refractivity contribution in [2.24, 2.45) is 0 Å². The fourth-order valence-electron chi connectivity index (χ4n) is 8.36. The van der Waals surface area contributed by atoms with Crippen LogP contribution in [0.4, 0.5) is 19.0 Å². The van der Waals surface area contributed by atoms with Crippen LogP contribution in [0.1, 0.15) is 44.6 Å². The van der Waals surface area contributed by atoms with Crippen LogP contribution >= 0.6 is 0 Å². The third-order valence-corrected chi connectivity index (χ3v) is 10.3. The number of nitrogens with zero attached hydrogens (tertiary/aromatic N) is 4. The number of rotatable bonds is 6. The van der Waals surface area contributed by atoms with Crippen LogP contribution in [-0.4, -0.2) is 71.4 Å². The summed E-state index contributed by atoms with van der Waals surface area (Å²) >= 11 is 0. The molecule has 0 unspecified atom stereocenters. The number of anilines is 1. The van der Waals surface area contributed by atoms with Crippen LogP contribution in [0.5, 0.6) is 6.01 Å². The van der Waals surface area contributed by atoms with Crippen molar-refractivity contribution >= 4 is 27.5 Å². The second kappa shape index (κ2) is 10.3. The molecule has 0 saturated carbocycles. The molecule has 43 heavy (non-hydrogen) atoms. The van der Waals surface area contributed by atoms with Gasteiger partial charge in [-0.3, -0.25) is 4.90 Å². The summed E-state index contributed by atoms with van der Waals surface area (Å²) in [5, 5.41) is 5.61. The zero-order chi connectivity index (χ0) is 29.3. The fraction of sp³-hybridized carbons (Fsp3) is 0.471. The smallest absolute Gasteiger partial charge is 0.319 e. The molecule has 224 valence electrons. The lowest BCUT2D eigenvalue weighted by Gasteiger charge is -2.37. The van der Waals surface area contributed by atoms with Gasteiger partial charge in [-0.2, -0.15) is 9.97 Å². The minimum Gasteiger partial charge on any atom is -0.461 e. The number of nitrogens with one attached hydrogen (secondary N) is 1. The van der Waals surface area contributed by atoms with Crippen LogP contribution < -0.4 is 15.0 Å². The maximum Gasteiger partial charge on any atom is 0.319 e. The lowest BCUT2D eigenvalue weighted by atomic mass is 9.92. The van der Waals surface area contributed by atoms with E-state index in [1.165, 1.54) is 6.07 Å². The van der Waals surface area contributed by atoms with E-state index in [1.807, 2.05) is 37.3 Å². The quantitative estimate of drug-likeness (QED) is 0.291. The van der Waals surface area contributed by atoms with Gasteiger partial charge in [-0.1, -0.05) is 43.3 Å². The number of fused-ring (bicyclic) bond motifs is 5. The van der Waals surface area contributed by atoms with Crippen molar-refractivity contribution in [3.63, 3.8) is 0 Å². The van der Waals surface area contributed by atoms with Gasteiger partial charge in [0.1, 0.15) is 29.9 Å². The number of piperazine rings is 1. The number of hydrogen-bond acceptors (Lipinski definition) is 6. The number of aryl methyl sites for hydroxylation is 1. The first kappa shape index (κ1) is 27.1. The Morgan fingerprint density at radius 3 is 2.65 bits per heavy atom. The molecule has 0 aliphatic carbocycles. The Hall–Kier alpha value is -3.43. The van der Waals surface area contributed by atoms with E-state index < -0.39 is 23.3 Å². The van der Waals surface area contributed by atoms with Gasteiger partial charge in [0.2, 0.25) is 0 Å². The second-order valence-corrected chi connectivity index (χ2v) is 12.8. The van der Waals surface area contributed by atoms with Crippen LogP contribution in [0.2, 0.25) is 0 Å². The minimum atomic E-state index is -0.884. The fourth-order valence-corrected chi connectivity index (χ4v) is 8.36. The van der Waals surface area contributed by atoms with Gasteiger partial charge < -0.3 is 15.0 Å². The summed E-state index contributed by atoms with van der Waals surface area (Å²) in [6, 6.07) is 13.4. The SMILES string of the molecule is CCc1cccc2cccc(-c3c(F)cc4c(N5[C@@H]6CC[C@H]5CNC6)nc(OC[C@@]56CCCN5C[C@H](F)C6)nc4c3F)c12. The first-order chi connectivity index (χ1) is 21.0. The molecule has 0 amide bonds. The number of benzene rings is 3. The van der Waals surface area contributed by atoms with E-state index >= 15 is 8.78 Å². The average Bonchev–Trinajstić information content (AvgIpc) is 3.62. The molecule has 0 radical (unpaired) electrons. The van der Waals surface area contributed by atoms with Crippen LogP contribution in [0.3, 0.4) is 0 Å². The summed E-state index contributed by atoms with van der Waals surface area (Å²) < 4.78 is 53.8. The Morgan fingerprint density at radius 1 is 1.07 bits per heavy atom. The molecular formula is C34H36F3N5O. The van der Waals surface area contributed by atoms with E-state index in [4.69, 9.17) is 9.72 Å². The molecule has 2 bridgehead atoms. The Bertz CT molecular complexity index is 1710. The van der Waals surface area contributed by atoms with Gasteiger partial charge in [-0.15, -0.1) is 0 Å². The van der Waals surface area contributed by atoms with Crippen LogP contribution in [0.15, 0.2) is 42.5 Å². The van der Waals surface area contributed by atoms with Crippen molar-refractivity contribution < 1.29 is 17.9 Å². The summed E-state index contributed by atoms with van der Waals surface area (Å²) in [6.45, 7) is 5.12. The summed E-state index contributed by atoms with van der Waals surface area (Å²) in [5.41, 5.74) is 1.11. The van der Waals surface area contributed by atoms with Gasteiger partial charge in [0.05, 0.1) is 11.1 Å². The van der Waals surface area contributed by atoms with Crippen molar-refractivity contribution in [3.8, 4) is 17.1 Å². The van der Waals surface area contributed by atoms with Crippen LogP contribution in [0.25, 0.3) is 32.8 Å². The van der Waals surface area contributed by atoms with Crippen molar-refractivity contribution in [1.29, 1.82) is 0 Å². The van der Waals surface area contributed by atoms with E-state index in [1.54, 1.807) is 6.07 Å². The molecule has 0 spiro atoms. The zero-order valence-electron chi connectivity index (χ0n) is 24.4. The van der Waals surface area contributed by atoms with Crippen molar-refractivity contribution in [3.05, 3.63) is 59.7 Å². The Balaban J connectivity index is 1.30. The van der Waals surface area contributed by atoms with E-state index in [0.29, 0.717) is 29.7 Å². The van der Waals surface area contributed by atoms with E-state index in [9.17, 15) is 4.39 Å². The maximum atomic E-state index is 16.8. The van der Waals surface area contributed by atoms with Crippen molar-refractivity contribution in [1.82, 2.24) is 20.2 Å². The Morgan fingerprint density at radius 2 is 1.86 bits per heavy atom. The van der Waals surface area contributed by atoms with Gasteiger partial charge in [0.25, 0.3) is 0 Å². The molecule has 4 aliphatic heterocycles. The van der Waals surface area contributed by atoms with Crippen LogP contribution in [-0.2, 0) is 6.42 Å². The molecule has 9 heteroatoms. The second-order valence-electron chi connectivity index (χ2n) is 12.8. The molecule has 4 aliphatic rings. The predicted octanol–water partition coefficient (Wildman–Crippen LogP) is 6.19. The lowest BCUT2D eigenvalue weighted by molar-refractivity contribution is 0.107. The topological polar surface area (TPSA) is 53.5 Å². The summed E-state index contributed by atoms with van der Waals surface area (Å²) in [6.07, 6.45) is 4.07. The molecule has 4 fully saturated rings. The van der Waals surface area contributed by atoms with Gasteiger partial charge in [0.15, 0.2) is 5.82 Å². The molecule has 8 rings (SSSR count). The highest BCUT2D eigenvalue weighted by Crippen LogP contribution is 2.43. The van der Waals surface area contributed by atoms with Crippen LogP contribution in [0, 0.1) is 11.6 Å². The highest BCUT2D eigenvalue weighted by Gasteiger charge is 2.49. The van der Waals surface area contributed by atoms with Gasteiger partial charge >= 0.3 is 6.01 Å². The summed E-state index contributed by atoms with van der Waals surface area (Å²) in [7, 11) is 0. The molecule has 4 saturated heterocycles. The molecular weight excluding hydrogens is 551 g/mol. The predicted molar refractivity (Wildman–Crippen MR) is 162 cm³/mol. The first-order valence-electron chi connectivity index (χ1n) is 15.7. The zero-order valence-corrected chi connectivity index (χ0v) is 24.4. The minimum absolute atomic E-state index is 0.0517. The lowest BCUT2D eigenvalue weighted by Crippen LogP contribution is -2.52. The number of halogens is 3. The third-order valence-electron chi connectivity index (χ3n) is 10.3. The highest BCUT2D eigenvalue weighted by molar-refractivity contribution is 6.02. The van der Waals surface area contributed by atoms with Gasteiger partial charge in [0, 0.05) is 43.5 Å². The van der Waals surface area contributed by atoms with E-state index in [0.717, 1.165) is 68.1 Å². The molecule has 3 aromatic carbocycles. The first-order valence-corrected chi connectivity index (χ1v) is 15.7. The monoisotopic (exact) mass is 587 g/mol. The van der Waals surface area contributed by atoms with E-state index in [2.05, 4.69) is 20.1 Å². The number of alkyl halides is 1. The van der Waals surface area contributed by atoms with Crippen molar-refractivity contribution in [2.45, 2.75) is 69.2 Å². The van der Waals surface area contributed by atoms with Crippen molar-refractivity contribution in [2.75, 3.05) is 37.7 Å². The van der Waals surface area contributed by atoms with E-state index in [-0.39, 0.29) is 35.8 Å². The third kappa shape index (κ3) is 4.30. The molecule has 1 N–H and O–H groups in total. The Kier molecular flexibility index (Phi) is 6.53. The molecule has 4 aromatic rings. The van der Waals surface area contributed by atoms with Gasteiger partial charge in [-0.05, 0) is 66.6 Å². The average molecular weight is 588 g/mol. The highest BCUT2D eigenvalue weighted by atomic mass is 19.1. The normalized spacial score (nSPS) is 27.0. The molecule has 4 atom stereocenters. The Labute approximate surface area is 249 Å². The van der Waals surface area contributed by atoms with Gasteiger partial charge in [-0.25, -0.2) is 13.2 Å². The molecule has 1 aromatic heterocycles. The number of aromatic nitrogens is 2. The standard InChI is InChI=1S/C34H36F3N5O/c1-2-20-6-3-7-21-8-4-9-25(28(20)21)29-27(36)14-26-31(30(29)37)39-33(40-32(26)42-23-10-11-24(42)17-38-16-23)43-19-34-12-5-13-41(34)18-22(35)15-34/h3-4,6-9,14,22-24,38H,2,5,10-13,15-19H2,1H3/t22-,23-,24+,34+/m1/s1. The largest absolute Gasteiger partial charge is 0.461 e.